The van der Waals surface area contributed by atoms with E-state index in [1.54, 1.807) is 24.3 Å². The third kappa shape index (κ3) is 16.9. The molecule has 16 atom stereocenters. The first-order valence-corrected chi connectivity index (χ1v) is 31.3. The lowest BCUT2D eigenvalue weighted by atomic mass is 9.77. The minimum atomic E-state index is -5.26. The molecule has 0 aromatic heterocycles. The molecule has 3 amide bonds. The highest BCUT2D eigenvalue weighted by Gasteiger charge is 2.57. The summed E-state index contributed by atoms with van der Waals surface area (Å²) >= 11 is 5.47. The molecule has 0 aliphatic carbocycles. The summed E-state index contributed by atoms with van der Waals surface area (Å²) in [6.45, 7) is 5.93. The van der Waals surface area contributed by atoms with Crippen LogP contribution in [0.4, 0.5) is 5.69 Å². The molecule has 1 spiro atoms. The van der Waals surface area contributed by atoms with Crippen LogP contribution in [-0.4, -0.2) is 211 Å². The number of aromatic hydroxyl groups is 2. The maximum Gasteiger partial charge on any atom is 0.474 e. The van der Waals surface area contributed by atoms with Crippen molar-refractivity contribution in [3.05, 3.63) is 112 Å². The molecule has 92 heavy (non-hydrogen) atoms. The Morgan fingerprint density at radius 3 is 1.92 bits per heavy atom. The minimum absolute atomic E-state index is 0.108. The zero-order valence-electron chi connectivity index (χ0n) is 50.7. The Morgan fingerprint density at radius 1 is 0.707 bits per heavy atom. The topological polar surface area (TPSA) is 454 Å². The molecular weight excluding hydrogens is 1250 g/mol. The number of ether oxygens (including phenoxy) is 8. The Kier molecular flexibility index (Phi) is 24.1. The number of phenolic OH excluding ortho intramolecular Hbond substituents is 2. The largest absolute Gasteiger partial charge is 0.508 e. The molecule has 8 rings (SSSR count). The molecule has 5 aliphatic rings. The number of benzene rings is 3. The van der Waals surface area contributed by atoms with Crippen molar-refractivity contribution in [2.24, 2.45) is 5.73 Å². The van der Waals surface area contributed by atoms with Crippen LogP contribution in [-0.2, 0) is 66.8 Å². The van der Waals surface area contributed by atoms with Gasteiger partial charge in [-0.05, 0) is 102 Å². The number of primary amides is 1. The average Bonchev–Trinajstić information content (AvgIpc) is 1.47. The maximum atomic E-state index is 13.7. The number of esters is 1. The number of rotatable bonds is 26. The zero-order chi connectivity index (χ0) is 66.9. The number of phenols is 2. The van der Waals surface area contributed by atoms with Crippen LogP contribution in [0.2, 0.25) is 0 Å². The van der Waals surface area contributed by atoms with E-state index in [1.807, 2.05) is 13.0 Å². The standard InChI is InChI=1S/C60H78N5O25PS/c1-28(2)8-6-9-29(3)10-7-11-30(4)18-19-81-20-21-82-91(79,80)90-58-53(50(76)49(75)52(87-58)54(61)77)88-57-45(63-31(5)68)48(74)51(42(27-67)85-57)86-56-44(47(73)46(72)41(26-66)84-56)65-43(71)25-62-59(92)64-32-12-15-36-35(22-32)55(78)89-60(36)37-16-13-33(69)23-39(37)83-40-24-34(70)14-17-38(40)60/h8,10,12-18,22-24,41-42,44-53,56-58,66-67,69-70,72-76H,6-7,9,11,19-21,25-27H2,1-5H3,(H2,61,77)(H,63,68)(H,65,71)(H,79,80)(H2,62,64,92)/t41?,42?,44?,45?,46-,47+,48+,49+,50-,51+,52?,53?,56-,57-,58+/m0/s1. The van der Waals surface area contributed by atoms with Crippen molar-refractivity contribution < 1.29 is 122 Å². The smallest absolute Gasteiger partial charge is 0.474 e. The summed E-state index contributed by atoms with van der Waals surface area (Å²) in [5, 5.41) is 108. The number of hydrogen-bond acceptors (Lipinski definition) is 25. The maximum absolute atomic E-state index is 13.7. The van der Waals surface area contributed by atoms with E-state index < -0.39 is 155 Å². The van der Waals surface area contributed by atoms with Crippen molar-refractivity contribution in [2.45, 2.75) is 158 Å². The fraction of sp³-hybridized carbons (Fsp3) is 0.517. The van der Waals surface area contributed by atoms with Gasteiger partial charge in [0, 0.05) is 41.4 Å². The van der Waals surface area contributed by atoms with Gasteiger partial charge in [-0.1, -0.05) is 41.0 Å². The Labute approximate surface area is 533 Å². The Morgan fingerprint density at radius 2 is 1.30 bits per heavy atom. The first kappa shape index (κ1) is 71.3. The number of nitrogens with one attached hydrogen (secondary N) is 4. The molecule has 16 N–H and O–H groups in total. The first-order valence-electron chi connectivity index (χ1n) is 29.4. The molecular formula is C60H78N5O25PS. The Bertz CT molecular complexity index is 3260. The number of thiocarbonyl (C=S) groups is 1. The molecule has 0 saturated carbocycles. The van der Waals surface area contributed by atoms with Crippen molar-refractivity contribution in [3.8, 4) is 23.0 Å². The highest BCUT2D eigenvalue weighted by molar-refractivity contribution is 7.80. The lowest BCUT2D eigenvalue weighted by Gasteiger charge is -2.49. The highest BCUT2D eigenvalue weighted by Crippen LogP contribution is 2.57. The molecule has 5 aliphatic heterocycles. The van der Waals surface area contributed by atoms with E-state index in [2.05, 4.69) is 54.2 Å². The number of phosphoric ester groups is 1. The van der Waals surface area contributed by atoms with Crippen molar-refractivity contribution in [3.63, 3.8) is 0 Å². The minimum Gasteiger partial charge on any atom is -0.508 e. The number of aliphatic hydroxyl groups is 7. The number of carbonyl (C=O) groups excluding carboxylic acids is 4. The predicted molar refractivity (Wildman–Crippen MR) is 324 cm³/mol. The number of hydrogen-bond donors (Lipinski definition) is 15. The average molecular weight is 1330 g/mol. The third-order valence-electron chi connectivity index (χ3n) is 15.7. The molecule has 3 fully saturated rings. The van der Waals surface area contributed by atoms with Crippen LogP contribution in [0.25, 0.3) is 0 Å². The van der Waals surface area contributed by atoms with Crippen molar-refractivity contribution in [1.82, 2.24) is 16.0 Å². The number of anilines is 1. The van der Waals surface area contributed by atoms with Gasteiger partial charge in [0.15, 0.2) is 35.7 Å². The van der Waals surface area contributed by atoms with Gasteiger partial charge in [-0.25, -0.2) is 9.36 Å². The molecule has 0 bridgehead atoms. The van der Waals surface area contributed by atoms with Crippen LogP contribution < -0.4 is 31.7 Å². The second-order valence-electron chi connectivity index (χ2n) is 22.8. The second-order valence-corrected chi connectivity index (χ2v) is 24.6. The van der Waals surface area contributed by atoms with Gasteiger partial charge in [-0.3, -0.25) is 23.4 Å². The van der Waals surface area contributed by atoms with E-state index in [1.165, 1.54) is 41.5 Å². The zero-order valence-corrected chi connectivity index (χ0v) is 52.4. The Balaban J connectivity index is 0.904. The van der Waals surface area contributed by atoms with Gasteiger partial charge in [0.25, 0.3) is 0 Å². The lowest BCUT2D eigenvalue weighted by Crippen LogP contribution is -2.70. The molecule has 3 aromatic rings. The quantitative estimate of drug-likeness (QED) is 0.0173. The third-order valence-corrected chi connectivity index (χ3v) is 16.9. The number of nitrogens with two attached hydrogens (primary N) is 1. The molecule has 0 radical (unpaired) electrons. The lowest BCUT2D eigenvalue weighted by molar-refractivity contribution is -0.358. The number of fused-ring (bicyclic) bond motifs is 6. The predicted octanol–water partition coefficient (Wildman–Crippen LogP) is 0.731. The Hall–Kier alpha value is -6.56. The van der Waals surface area contributed by atoms with Crippen LogP contribution in [0.5, 0.6) is 23.0 Å². The van der Waals surface area contributed by atoms with E-state index in [4.69, 9.17) is 64.9 Å². The number of aliphatic hydroxyl groups excluding tert-OH is 7. The second kappa shape index (κ2) is 31.1. The van der Waals surface area contributed by atoms with Gasteiger partial charge in [0.05, 0.1) is 45.1 Å². The van der Waals surface area contributed by atoms with Crippen LogP contribution in [0, 0.1) is 0 Å². The summed E-state index contributed by atoms with van der Waals surface area (Å²) in [5.41, 5.74) is 9.00. The highest BCUT2D eigenvalue weighted by atomic mass is 32.1. The summed E-state index contributed by atoms with van der Waals surface area (Å²) in [4.78, 5) is 63.4. The van der Waals surface area contributed by atoms with E-state index in [0.29, 0.717) is 16.7 Å². The van der Waals surface area contributed by atoms with Crippen LogP contribution in [0.3, 0.4) is 0 Å². The van der Waals surface area contributed by atoms with Crippen LogP contribution in [0.1, 0.15) is 87.4 Å². The van der Waals surface area contributed by atoms with Gasteiger partial charge in [-0.2, -0.15) is 0 Å². The van der Waals surface area contributed by atoms with Gasteiger partial charge < -0.3 is 116 Å². The van der Waals surface area contributed by atoms with Crippen molar-refractivity contribution in [2.75, 3.05) is 44.9 Å². The van der Waals surface area contributed by atoms with E-state index in [9.17, 15) is 74.6 Å². The molecule has 504 valence electrons. The summed E-state index contributed by atoms with van der Waals surface area (Å²) in [6, 6.07) is 9.65. The normalized spacial score (nSPS) is 28.9. The molecule has 5 heterocycles. The summed E-state index contributed by atoms with van der Waals surface area (Å²) in [6.07, 6.45) is -16.3. The molecule has 3 aromatic carbocycles. The fourth-order valence-electron chi connectivity index (χ4n) is 11.1. The van der Waals surface area contributed by atoms with Gasteiger partial charge >= 0.3 is 13.8 Å². The first-order chi connectivity index (χ1) is 43.6. The summed E-state index contributed by atoms with van der Waals surface area (Å²) < 4.78 is 70.7. The molecule has 3 saturated heterocycles. The van der Waals surface area contributed by atoms with Crippen LogP contribution in [0.15, 0.2) is 89.5 Å². The van der Waals surface area contributed by atoms with Gasteiger partial charge in [0.2, 0.25) is 17.7 Å². The number of amides is 3. The van der Waals surface area contributed by atoms with Gasteiger partial charge in [0.1, 0.15) is 90.0 Å². The molecule has 7 unspecified atom stereocenters. The SMILES string of the molecule is CC(=O)NC1[C@H](OC2[C@@H](OP(=O)(O)OCCOCC=C(C)CCC=C(C)CCC=C(C)C)OC(C(N)=O)[C@H](O)[C@@H]2O)OC(CO)[C@@H](O[C@@H]2OC(CO)[C@H](O)[C@H](O)C2NC(=O)CNC(=S)Nc2ccc3c(c2)C(=O)OC32c3ccc(O)cc3Oc3cc(O)ccc32)[C@@H]1O. The monoisotopic (exact) mass is 1330 g/mol. The van der Waals surface area contributed by atoms with E-state index in [-0.39, 0.29) is 52.6 Å². The van der Waals surface area contributed by atoms with Crippen molar-refractivity contribution in [1.29, 1.82) is 0 Å². The van der Waals surface area contributed by atoms with Gasteiger partial charge in [-0.15, -0.1) is 0 Å². The number of carbonyl (C=O) groups is 4. The summed E-state index contributed by atoms with van der Waals surface area (Å²) in [7, 11) is -5.26. The number of phosphoric acid groups is 1. The van der Waals surface area contributed by atoms with E-state index >= 15 is 0 Å². The van der Waals surface area contributed by atoms with E-state index in [0.717, 1.165) is 38.2 Å². The summed E-state index contributed by atoms with van der Waals surface area (Å²) in [5.74, 6) is -3.78. The van der Waals surface area contributed by atoms with Crippen LogP contribution >= 0.6 is 20.0 Å². The fourth-order valence-corrected chi connectivity index (χ4v) is 12.0. The molecule has 30 nitrogen and oxygen atoms in total. The number of allylic oxidation sites excluding steroid dienone is 5. The van der Waals surface area contributed by atoms with Crippen molar-refractivity contribution >= 4 is 54.5 Å². The molecule has 32 heteroatoms.